The van der Waals surface area contributed by atoms with Gasteiger partial charge in [0.25, 0.3) is 5.91 Å². The van der Waals surface area contributed by atoms with E-state index in [0.29, 0.717) is 22.4 Å². The van der Waals surface area contributed by atoms with Crippen LogP contribution in [-0.4, -0.2) is 28.1 Å². The number of hydrogen-bond acceptors (Lipinski definition) is 5. The van der Waals surface area contributed by atoms with Gasteiger partial charge in [-0.25, -0.2) is 4.98 Å². The number of aromatic nitrogens is 1. The standard InChI is InChI=1S/C14H16N2O3S/c1-14(8-17,9-4-5-9)16-12(18)10-7-20-13(15-10)11-3-2-6-19-11/h2-3,6-7,9,17H,4-5,8H2,1H3,(H,16,18). The molecule has 1 aliphatic carbocycles. The predicted octanol–water partition coefficient (Wildman–Crippen LogP) is 2.29. The third-order valence-corrected chi connectivity index (χ3v) is 4.53. The zero-order valence-corrected chi connectivity index (χ0v) is 11.9. The number of aliphatic hydroxyl groups is 1. The van der Waals surface area contributed by atoms with Gasteiger partial charge >= 0.3 is 0 Å². The number of nitrogens with one attached hydrogen (secondary N) is 1. The van der Waals surface area contributed by atoms with Gasteiger partial charge in [-0.15, -0.1) is 11.3 Å². The highest BCUT2D eigenvalue weighted by atomic mass is 32.1. The van der Waals surface area contributed by atoms with Crippen molar-refractivity contribution in [3.8, 4) is 10.8 Å². The van der Waals surface area contributed by atoms with Crippen molar-refractivity contribution in [2.75, 3.05) is 6.61 Å². The Balaban J connectivity index is 1.74. The molecule has 1 atom stereocenters. The van der Waals surface area contributed by atoms with Crippen LogP contribution in [0, 0.1) is 5.92 Å². The van der Waals surface area contributed by atoms with Crippen LogP contribution in [0.3, 0.4) is 0 Å². The molecule has 0 saturated heterocycles. The van der Waals surface area contributed by atoms with Gasteiger partial charge in [-0.3, -0.25) is 4.79 Å². The SMILES string of the molecule is CC(CO)(NC(=O)c1csc(-c2ccco2)n1)C1CC1. The monoisotopic (exact) mass is 292 g/mol. The van der Waals surface area contributed by atoms with E-state index in [0.717, 1.165) is 12.8 Å². The third-order valence-electron chi connectivity index (χ3n) is 3.67. The summed E-state index contributed by atoms with van der Waals surface area (Å²) < 4.78 is 5.26. The first-order valence-electron chi connectivity index (χ1n) is 6.55. The molecule has 2 aromatic rings. The van der Waals surface area contributed by atoms with Gasteiger partial charge in [-0.2, -0.15) is 0 Å². The number of nitrogens with zero attached hydrogens (tertiary/aromatic N) is 1. The summed E-state index contributed by atoms with van der Waals surface area (Å²) in [6.45, 7) is 1.82. The fourth-order valence-electron chi connectivity index (χ4n) is 2.21. The normalized spacial score (nSPS) is 17.7. The van der Waals surface area contributed by atoms with Gasteiger partial charge in [0.15, 0.2) is 10.8 Å². The minimum absolute atomic E-state index is 0.0570. The Kier molecular flexibility index (Phi) is 3.35. The predicted molar refractivity (Wildman–Crippen MR) is 75.5 cm³/mol. The molecule has 5 nitrogen and oxygen atoms in total. The van der Waals surface area contributed by atoms with Crippen LogP contribution in [0.2, 0.25) is 0 Å². The van der Waals surface area contributed by atoms with Gasteiger partial charge < -0.3 is 14.8 Å². The molecule has 0 aromatic carbocycles. The molecule has 6 heteroatoms. The summed E-state index contributed by atoms with van der Waals surface area (Å²) >= 11 is 1.37. The second kappa shape index (κ2) is 5.03. The molecule has 3 rings (SSSR count). The molecule has 1 unspecified atom stereocenters. The van der Waals surface area contributed by atoms with Crippen LogP contribution in [-0.2, 0) is 0 Å². The molecule has 106 valence electrons. The van der Waals surface area contributed by atoms with Crippen LogP contribution in [0.5, 0.6) is 0 Å². The highest BCUT2D eigenvalue weighted by Gasteiger charge is 2.42. The van der Waals surface area contributed by atoms with E-state index < -0.39 is 5.54 Å². The van der Waals surface area contributed by atoms with E-state index in [1.807, 2.05) is 13.0 Å². The summed E-state index contributed by atoms with van der Waals surface area (Å²) in [4.78, 5) is 16.5. The van der Waals surface area contributed by atoms with E-state index in [2.05, 4.69) is 10.3 Å². The van der Waals surface area contributed by atoms with E-state index in [-0.39, 0.29) is 12.5 Å². The lowest BCUT2D eigenvalue weighted by atomic mass is 9.97. The van der Waals surface area contributed by atoms with E-state index >= 15 is 0 Å². The Morgan fingerprint density at radius 1 is 1.65 bits per heavy atom. The van der Waals surface area contributed by atoms with Crippen molar-refractivity contribution in [2.24, 2.45) is 5.92 Å². The summed E-state index contributed by atoms with van der Waals surface area (Å²) in [5.41, 5.74) is -0.187. The first-order chi connectivity index (χ1) is 9.62. The quantitative estimate of drug-likeness (QED) is 0.886. The van der Waals surface area contributed by atoms with Gasteiger partial charge in [-0.1, -0.05) is 0 Å². The van der Waals surface area contributed by atoms with E-state index in [4.69, 9.17) is 4.42 Å². The summed E-state index contributed by atoms with van der Waals surface area (Å²) in [7, 11) is 0. The maximum absolute atomic E-state index is 12.2. The van der Waals surface area contributed by atoms with Gasteiger partial charge in [0.05, 0.1) is 18.4 Å². The first-order valence-corrected chi connectivity index (χ1v) is 7.43. The maximum atomic E-state index is 12.2. The van der Waals surface area contributed by atoms with Crippen molar-refractivity contribution >= 4 is 17.2 Å². The zero-order valence-electron chi connectivity index (χ0n) is 11.1. The Morgan fingerprint density at radius 3 is 3.05 bits per heavy atom. The van der Waals surface area contributed by atoms with E-state index in [1.165, 1.54) is 11.3 Å². The van der Waals surface area contributed by atoms with Crippen molar-refractivity contribution in [1.82, 2.24) is 10.3 Å². The molecule has 1 saturated carbocycles. The molecular weight excluding hydrogens is 276 g/mol. The topological polar surface area (TPSA) is 75.4 Å². The van der Waals surface area contributed by atoms with Crippen LogP contribution in [0.25, 0.3) is 10.8 Å². The molecule has 0 spiro atoms. The molecule has 20 heavy (non-hydrogen) atoms. The van der Waals surface area contributed by atoms with Crippen molar-refractivity contribution in [3.05, 3.63) is 29.5 Å². The molecule has 0 bridgehead atoms. The van der Waals surface area contributed by atoms with Crippen LogP contribution in [0.15, 0.2) is 28.2 Å². The van der Waals surface area contributed by atoms with Crippen LogP contribution >= 0.6 is 11.3 Å². The van der Waals surface area contributed by atoms with Gasteiger partial charge in [0.1, 0.15) is 5.69 Å². The van der Waals surface area contributed by atoms with Gasteiger partial charge in [-0.05, 0) is 37.8 Å². The Bertz CT molecular complexity index is 604. The van der Waals surface area contributed by atoms with Crippen LogP contribution < -0.4 is 5.32 Å². The molecule has 2 aromatic heterocycles. The van der Waals surface area contributed by atoms with Crippen molar-refractivity contribution in [3.63, 3.8) is 0 Å². The lowest BCUT2D eigenvalue weighted by molar-refractivity contribution is 0.0820. The maximum Gasteiger partial charge on any atom is 0.271 e. The van der Waals surface area contributed by atoms with Crippen molar-refractivity contribution in [2.45, 2.75) is 25.3 Å². The number of aliphatic hydroxyl groups excluding tert-OH is 1. The average Bonchev–Trinajstić information content (AvgIpc) is 2.97. The van der Waals surface area contributed by atoms with Gasteiger partial charge in [0, 0.05) is 5.38 Å². The summed E-state index contributed by atoms with van der Waals surface area (Å²) in [6.07, 6.45) is 3.67. The van der Waals surface area contributed by atoms with E-state index in [1.54, 1.807) is 17.7 Å². The highest BCUT2D eigenvalue weighted by molar-refractivity contribution is 7.13. The zero-order chi connectivity index (χ0) is 14.2. The molecule has 2 N–H and O–H groups in total. The number of hydrogen-bond donors (Lipinski definition) is 2. The fraction of sp³-hybridized carbons (Fsp3) is 0.429. The number of carbonyl (C=O) groups excluding carboxylic acids is 1. The average molecular weight is 292 g/mol. The molecular formula is C14H16N2O3S. The second-order valence-electron chi connectivity index (χ2n) is 5.32. The molecule has 0 aliphatic heterocycles. The Morgan fingerprint density at radius 2 is 2.45 bits per heavy atom. The minimum atomic E-state index is -0.550. The van der Waals surface area contributed by atoms with Gasteiger partial charge in [0.2, 0.25) is 0 Å². The molecule has 1 fully saturated rings. The molecule has 2 heterocycles. The van der Waals surface area contributed by atoms with Crippen LogP contribution in [0.4, 0.5) is 0 Å². The summed E-state index contributed by atoms with van der Waals surface area (Å²) in [5, 5.41) is 14.8. The summed E-state index contributed by atoms with van der Waals surface area (Å²) in [5.74, 6) is 0.767. The lowest BCUT2D eigenvalue weighted by Gasteiger charge is -2.28. The lowest BCUT2D eigenvalue weighted by Crippen LogP contribution is -2.50. The number of thiazole rings is 1. The van der Waals surface area contributed by atoms with Crippen molar-refractivity contribution < 1.29 is 14.3 Å². The molecule has 1 amide bonds. The fourth-order valence-corrected chi connectivity index (χ4v) is 2.97. The molecule has 0 radical (unpaired) electrons. The largest absolute Gasteiger partial charge is 0.462 e. The number of furan rings is 1. The molecule has 1 aliphatic rings. The van der Waals surface area contributed by atoms with Crippen LogP contribution in [0.1, 0.15) is 30.3 Å². The highest BCUT2D eigenvalue weighted by Crippen LogP contribution is 2.39. The summed E-state index contributed by atoms with van der Waals surface area (Å²) in [6, 6.07) is 3.59. The number of carbonyl (C=O) groups is 1. The smallest absolute Gasteiger partial charge is 0.271 e. The first kappa shape index (κ1) is 13.3. The minimum Gasteiger partial charge on any atom is -0.462 e. The Labute approximate surface area is 120 Å². The van der Waals surface area contributed by atoms with Crippen molar-refractivity contribution in [1.29, 1.82) is 0 Å². The number of amides is 1. The number of rotatable bonds is 5. The second-order valence-corrected chi connectivity index (χ2v) is 6.18. The Hall–Kier alpha value is -1.66. The third kappa shape index (κ3) is 2.48. The van der Waals surface area contributed by atoms with E-state index in [9.17, 15) is 9.90 Å².